The lowest BCUT2D eigenvalue weighted by Gasteiger charge is -2.16. The zero-order valence-corrected chi connectivity index (χ0v) is 13.6. The van der Waals surface area contributed by atoms with Gasteiger partial charge in [0.15, 0.2) is 0 Å². The van der Waals surface area contributed by atoms with Crippen LogP contribution in [-0.2, 0) is 9.09 Å². The highest BCUT2D eigenvalue weighted by Crippen LogP contribution is 2.52. The number of allylic oxidation sites excluding steroid dienone is 1. The highest BCUT2D eigenvalue weighted by atomic mass is 31.2. The molecule has 1 heterocycles. The summed E-state index contributed by atoms with van der Waals surface area (Å²) in [7, 11) is -2.71. The van der Waals surface area contributed by atoms with Gasteiger partial charge >= 0.3 is 0 Å². The lowest BCUT2D eigenvalue weighted by Crippen LogP contribution is -2.05. The van der Waals surface area contributed by atoms with Gasteiger partial charge in [-0.1, -0.05) is 54.6 Å². The van der Waals surface area contributed by atoms with E-state index in [1.54, 1.807) is 0 Å². The fraction of sp³-hybridized carbons (Fsp3) is 0.222. The van der Waals surface area contributed by atoms with Crippen LogP contribution in [0.2, 0.25) is 0 Å². The van der Waals surface area contributed by atoms with Gasteiger partial charge < -0.3 is 9.84 Å². The summed E-state index contributed by atoms with van der Waals surface area (Å²) in [6.07, 6.45) is 2.95. The molecule has 3 rings (SSSR count). The van der Waals surface area contributed by atoms with Crippen LogP contribution in [0.5, 0.6) is 0 Å². The third-order valence-electron chi connectivity index (χ3n) is 3.70. The smallest absolute Gasteiger partial charge is 0.225 e. The molecule has 114 valence electrons. The molecular formula is C18H20NO2P. The Labute approximate surface area is 131 Å². The van der Waals surface area contributed by atoms with Crippen molar-refractivity contribution in [2.24, 2.45) is 0 Å². The molecule has 0 aliphatic carbocycles. The Bertz CT molecular complexity index is 725. The molecule has 0 spiro atoms. The second-order valence-electron chi connectivity index (χ2n) is 5.35. The molecular weight excluding hydrogens is 293 g/mol. The average molecular weight is 313 g/mol. The molecule has 3 nitrogen and oxygen atoms in total. The first-order valence-corrected chi connectivity index (χ1v) is 9.51. The van der Waals surface area contributed by atoms with Crippen LogP contribution in [0.15, 0.2) is 54.6 Å². The number of rotatable bonds is 3. The fourth-order valence-electron chi connectivity index (χ4n) is 2.72. The van der Waals surface area contributed by atoms with E-state index < -0.39 is 7.37 Å². The highest BCUT2D eigenvalue weighted by Gasteiger charge is 2.29. The predicted molar refractivity (Wildman–Crippen MR) is 93.3 cm³/mol. The summed E-state index contributed by atoms with van der Waals surface area (Å²) >= 11 is 0. The van der Waals surface area contributed by atoms with Crippen LogP contribution in [0.1, 0.15) is 18.1 Å². The number of para-hydroxylation sites is 1. The maximum absolute atomic E-state index is 13.0. The topological polar surface area (TPSA) is 38.3 Å². The van der Waals surface area contributed by atoms with Crippen molar-refractivity contribution in [3.63, 3.8) is 0 Å². The summed E-state index contributed by atoms with van der Waals surface area (Å²) in [6.45, 7) is 2.35. The van der Waals surface area contributed by atoms with E-state index in [-0.39, 0.29) is 0 Å². The Morgan fingerprint density at radius 1 is 1.14 bits per heavy atom. The number of hydrogen-bond donors (Lipinski definition) is 1. The largest absolute Gasteiger partial charge is 0.375 e. The number of anilines is 1. The van der Waals surface area contributed by atoms with Crippen molar-refractivity contribution in [2.75, 3.05) is 24.4 Å². The van der Waals surface area contributed by atoms with Crippen molar-refractivity contribution >= 4 is 24.7 Å². The Balaban J connectivity index is 2.07. The van der Waals surface area contributed by atoms with Crippen LogP contribution in [0.4, 0.5) is 5.69 Å². The van der Waals surface area contributed by atoms with E-state index in [9.17, 15) is 4.57 Å². The predicted octanol–water partition coefficient (Wildman–Crippen LogP) is 4.92. The highest BCUT2D eigenvalue weighted by molar-refractivity contribution is 7.59. The van der Waals surface area contributed by atoms with Gasteiger partial charge in [-0.25, -0.2) is 0 Å². The summed E-state index contributed by atoms with van der Waals surface area (Å²) in [4.78, 5) is 0. The molecule has 0 bridgehead atoms. The van der Waals surface area contributed by atoms with Crippen molar-refractivity contribution < 1.29 is 9.09 Å². The molecule has 22 heavy (non-hydrogen) atoms. The number of nitrogens with one attached hydrogen (secondary N) is 1. The molecule has 4 heteroatoms. The monoisotopic (exact) mass is 313 g/mol. The van der Waals surface area contributed by atoms with Crippen molar-refractivity contribution in [3.05, 3.63) is 65.7 Å². The molecule has 2 aromatic rings. The van der Waals surface area contributed by atoms with E-state index >= 15 is 0 Å². The van der Waals surface area contributed by atoms with Gasteiger partial charge in [0.05, 0.1) is 19.1 Å². The molecule has 1 aliphatic rings. The molecule has 2 aromatic carbocycles. The molecule has 1 N–H and O–H groups in total. The minimum Gasteiger partial charge on any atom is -0.375 e. The SMILES string of the molecule is CCOP1(=O)CNc2ccccc2/C(=C/c2ccccc2)C1. The van der Waals surface area contributed by atoms with Gasteiger partial charge in [0, 0.05) is 11.3 Å². The van der Waals surface area contributed by atoms with Gasteiger partial charge in [-0.2, -0.15) is 0 Å². The van der Waals surface area contributed by atoms with E-state index in [4.69, 9.17) is 4.52 Å². The fourth-order valence-corrected chi connectivity index (χ4v) is 4.68. The summed E-state index contributed by atoms with van der Waals surface area (Å²) in [5.74, 6) is 0. The summed E-state index contributed by atoms with van der Waals surface area (Å²) in [5.41, 5.74) is 4.28. The second-order valence-corrected chi connectivity index (χ2v) is 7.87. The van der Waals surface area contributed by atoms with Crippen molar-refractivity contribution in [2.45, 2.75) is 6.92 Å². The maximum atomic E-state index is 13.0. The van der Waals surface area contributed by atoms with Crippen LogP contribution in [0.25, 0.3) is 11.6 Å². The van der Waals surface area contributed by atoms with E-state index in [1.807, 2.05) is 43.3 Å². The Morgan fingerprint density at radius 3 is 2.64 bits per heavy atom. The molecule has 1 aliphatic heterocycles. The van der Waals surface area contributed by atoms with E-state index in [2.05, 4.69) is 29.6 Å². The van der Waals surface area contributed by atoms with Crippen LogP contribution in [0.3, 0.4) is 0 Å². The van der Waals surface area contributed by atoms with Gasteiger partial charge in [-0.3, -0.25) is 4.57 Å². The molecule has 0 saturated heterocycles. The number of fused-ring (bicyclic) bond motifs is 1. The van der Waals surface area contributed by atoms with E-state index in [0.29, 0.717) is 19.1 Å². The van der Waals surface area contributed by atoms with Crippen LogP contribution >= 0.6 is 7.37 Å². The lowest BCUT2D eigenvalue weighted by molar-refractivity contribution is 0.336. The van der Waals surface area contributed by atoms with Crippen molar-refractivity contribution in [1.29, 1.82) is 0 Å². The second kappa shape index (κ2) is 6.51. The average Bonchev–Trinajstić information content (AvgIpc) is 2.67. The van der Waals surface area contributed by atoms with E-state index in [1.165, 1.54) is 0 Å². The summed E-state index contributed by atoms with van der Waals surface area (Å²) in [6, 6.07) is 18.2. The van der Waals surface area contributed by atoms with Gasteiger partial charge in [0.25, 0.3) is 0 Å². The van der Waals surface area contributed by atoms with Crippen molar-refractivity contribution in [3.8, 4) is 0 Å². The molecule has 1 unspecified atom stereocenters. The maximum Gasteiger partial charge on any atom is 0.225 e. The van der Waals surface area contributed by atoms with E-state index in [0.717, 1.165) is 22.4 Å². The first-order chi connectivity index (χ1) is 10.7. The van der Waals surface area contributed by atoms with Crippen LogP contribution in [-0.4, -0.2) is 19.1 Å². The third kappa shape index (κ3) is 3.32. The zero-order chi connectivity index (χ0) is 15.4. The molecule has 0 aromatic heterocycles. The standard InChI is InChI=1S/C18H20NO2P/c1-2-21-22(20)13-16(12-15-8-4-3-5-9-15)17-10-6-7-11-18(17)19-14-22/h3-12,19H,2,13-14H2,1H3/b16-12+. The summed E-state index contributed by atoms with van der Waals surface area (Å²) in [5, 5.41) is 3.29. The minimum absolute atomic E-state index is 0.379. The van der Waals surface area contributed by atoms with Gasteiger partial charge in [-0.05, 0) is 24.1 Å². The van der Waals surface area contributed by atoms with Gasteiger partial charge in [0.1, 0.15) is 0 Å². The first kappa shape index (κ1) is 15.1. The molecule has 0 saturated carbocycles. The Morgan fingerprint density at radius 2 is 1.86 bits per heavy atom. The molecule has 0 fully saturated rings. The van der Waals surface area contributed by atoms with Crippen LogP contribution in [0, 0.1) is 0 Å². The van der Waals surface area contributed by atoms with Crippen molar-refractivity contribution in [1.82, 2.24) is 0 Å². The number of benzene rings is 2. The quantitative estimate of drug-likeness (QED) is 0.817. The Hall–Kier alpha value is -1.83. The third-order valence-corrected chi connectivity index (χ3v) is 5.89. The zero-order valence-electron chi connectivity index (χ0n) is 12.7. The van der Waals surface area contributed by atoms with Gasteiger partial charge in [0.2, 0.25) is 7.37 Å². The minimum atomic E-state index is -2.71. The Kier molecular flexibility index (Phi) is 4.47. The van der Waals surface area contributed by atoms with Crippen LogP contribution < -0.4 is 5.32 Å². The molecule has 0 radical (unpaired) electrons. The molecule has 1 atom stereocenters. The number of hydrogen-bond acceptors (Lipinski definition) is 3. The van der Waals surface area contributed by atoms with Gasteiger partial charge in [-0.15, -0.1) is 0 Å². The first-order valence-electron chi connectivity index (χ1n) is 7.52. The summed E-state index contributed by atoms with van der Waals surface area (Å²) < 4.78 is 18.6. The normalized spacial score (nSPS) is 22.7. The molecule has 0 amide bonds. The lowest BCUT2D eigenvalue weighted by atomic mass is 10.0.